The van der Waals surface area contributed by atoms with Crippen LogP contribution in [0.15, 0.2) is 42.0 Å². The van der Waals surface area contributed by atoms with Gasteiger partial charge in [0, 0.05) is 47.4 Å². The molecule has 116 valence electrons. The molecule has 0 bridgehead atoms. The van der Waals surface area contributed by atoms with Gasteiger partial charge in [0.15, 0.2) is 0 Å². The van der Waals surface area contributed by atoms with Crippen molar-refractivity contribution in [1.29, 1.82) is 0 Å². The van der Waals surface area contributed by atoms with Crippen molar-refractivity contribution in [2.24, 2.45) is 0 Å². The Kier molecular flexibility index (Phi) is 4.22. The molecule has 2 aromatic rings. The number of pyridine rings is 1. The van der Waals surface area contributed by atoms with Gasteiger partial charge in [-0.2, -0.15) is 0 Å². The topological polar surface area (TPSA) is 25.4 Å². The van der Waals surface area contributed by atoms with Crippen LogP contribution in [0.25, 0.3) is 0 Å². The smallest absolute Gasteiger partial charge is 0.0736 e. The number of aromatic nitrogens is 1. The third kappa shape index (κ3) is 3.23. The van der Waals surface area contributed by atoms with Gasteiger partial charge in [-0.3, -0.25) is 9.88 Å². The van der Waals surface area contributed by atoms with Crippen LogP contribution >= 0.6 is 23.1 Å². The molecule has 2 saturated heterocycles. The highest BCUT2D eigenvalue weighted by atomic mass is 32.2. The Balaban J connectivity index is 1.23. The average Bonchev–Trinajstić information content (AvgIpc) is 3.16. The van der Waals surface area contributed by atoms with E-state index in [0.29, 0.717) is 17.5 Å². The normalized spacial score (nSPS) is 23.7. The number of hydrogen-bond acceptors (Lipinski definition) is 5. The lowest BCUT2D eigenvalue weighted by Gasteiger charge is -2.47. The van der Waals surface area contributed by atoms with E-state index in [0.717, 1.165) is 12.3 Å². The van der Waals surface area contributed by atoms with E-state index in [9.17, 15) is 0 Å². The molecule has 0 radical (unpaired) electrons. The zero-order valence-electron chi connectivity index (χ0n) is 12.5. The van der Waals surface area contributed by atoms with Crippen molar-refractivity contribution in [3.63, 3.8) is 0 Å². The van der Waals surface area contributed by atoms with Gasteiger partial charge < -0.3 is 4.74 Å². The highest BCUT2D eigenvalue weighted by Crippen LogP contribution is 2.46. The summed E-state index contributed by atoms with van der Waals surface area (Å²) in [5.41, 5.74) is 1.17. The maximum absolute atomic E-state index is 6.08. The lowest BCUT2D eigenvalue weighted by Crippen LogP contribution is -2.58. The van der Waals surface area contributed by atoms with Crippen molar-refractivity contribution in [2.45, 2.75) is 30.4 Å². The SMILES string of the molecule is c1cncc(CO[C@H]2CSC3(C2)CN(Cc2cccs2)C3)c1. The molecule has 5 heteroatoms. The summed E-state index contributed by atoms with van der Waals surface area (Å²) in [5, 5.41) is 2.16. The highest BCUT2D eigenvalue weighted by molar-refractivity contribution is 8.01. The largest absolute Gasteiger partial charge is 0.373 e. The molecule has 2 aromatic heterocycles. The van der Waals surface area contributed by atoms with E-state index in [1.165, 1.54) is 30.0 Å². The summed E-state index contributed by atoms with van der Waals surface area (Å²) in [6.45, 7) is 4.22. The molecule has 0 N–H and O–H groups in total. The summed E-state index contributed by atoms with van der Waals surface area (Å²) in [5.74, 6) is 1.13. The van der Waals surface area contributed by atoms with Crippen molar-refractivity contribution in [3.05, 3.63) is 52.5 Å². The fourth-order valence-corrected chi connectivity index (χ4v) is 5.68. The number of hydrogen-bond donors (Lipinski definition) is 0. The van der Waals surface area contributed by atoms with E-state index in [1.807, 2.05) is 23.6 Å². The quantitative estimate of drug-likeness (QED) is 0.838. The van der Waals surface area contributed by atoms with Gasteiger partial charge in [0.2, 0.25) is 0 Å². The second kappa shape index (κ2) is 6.32. The van der Waals surface area contributed by atoms with Gasteiger partial charge in [-0.15, -0.1) is 23.1 Å². The van der Waals surface area contributed by atoms with Gasteiger partial charge in [-0.25, -0.2) is 0 Å². The zero-order chi connectivity index (χ0) is 14.8. The van der Waals surface area contributed by atoms with E-state index in [-0.39, 0.29) is 0 Å². The predicted octanol–water partition coefficient (Wildman–Crippen LogP) is 3.42. The molecule has 22 heavy (non-hydrogen) atoms. The molecular formula is C17H20N2OS2. The molecule has 0 aromatic carbocycles. The first kappa shape index (κ1) is 14.7. The van der Waals surface area contributed by atoms with Crippen LogP contribution in [0.2, 0.25) is 0 Å². The molecule has 4 heterocycles. The van der Waals surface area contributed by atoms with E-state index in [1.54, 1.807) is 6.20 Å². The molecule has 3 nitrogen and oxygen atoms in total. The Bertz CT molecular complexity index is 596. The van der Waals surface area contributed by atoms with Gasteiger partial charge >= 0.3 is 0 Å². The third-order valence-electron chi connectivity index (χ3n) is 4.37. The molecule has 1 spiro atoms. The standard InChI is InChI=1S/C17H20N2OS2/c1-3-14(8-18-5-1)10-20-15-7-17(22-11-15)12-19(13-17)9-16-4-2-6-21-16/h1-6,8,15H,7,9-13H2/t15-/m1/s1. The molecule has 0 unspecified atom stereocenters. The Labute approximate surface area is 139 Å². The fraction of sp³-hybridized carbons (Fsp3) is 0.471. The van der Waals surface area contributed by atoms with Crippen LogP contribution < -0.4 is 0 Å². The van der Waals surface area contributed by atoms with Crippen molar-refractivity contribution < 1.29 is 4.74 Å². The van der Waals surface area contributed by atoms with Crippen LogP contribution in [0.4, 0.5) is 0 Å². The number of ether oxygens (including phenoxy) is 1. The molecule has 2 fully saturated rings. The van der Waals surface area contributed by atoms with Crippen LogP contribution in [0.5, 0.6) is 0 Å². The van der Waals surface area contributed by atoms with E-state index in [4.69, 9.17) is 4.74 Å². The van der Waals surface area contributed by atoms with E-state index < -0.39 is 0 Å². The maximum atomic E-state index is 6.08. The van der Waals surface area contributed by atoms with E-state index in [2.05, 4.69) is 45.2 Å². The second-order valence-electron chi connectivity index (χ2n) is 6.22. The van der Waals surface area contributed by atoms with Crippen molar-refractivity contribution >= 4 is 23.1 Å². The van der Waals surface area contributed by atoms with Gasteiger partial charge in [0.1, 0.15) is 0 Å². The summed E-state index contributed by atoms with van der Waals surface area (Å²) < 4.78 is 6.54. The minimum atomic E-state index is 0.397. The first-order chi connectivity index (χ1) is 10.8. The van der Waals surface area contributed by atoms with Crippen LogP contribution in [0.3, 0.4) is 0 Å². The molecule has 0 aliphatic carbocycles. The second-order valence-corrected chi connectivity index (χ2v) is 8.74. The Morgan fingerprint density at radius 1 is 1.32 bits per heavy atom. The lowest BCUT2D eigenvalue weighted by atomic mass is 9.93. The zero-order valence-corrected chi connectivity index (χ0v) is 14.1. The van der Waals surface area contributed by atoms with Crippen LogP contribution in [-0.2, 0) is 17.9 Å². The minimum Gasteiger partial charge on any atom is -0.373 e. The van der Waals surface area contributed by atoms with Gasteiger partial charge in [0.05, 0.1) is 12.7 Å². The Morgan fingerprint density at radius 3 is 3.05 bits per heavy atom. The number of thiophene rings is 1. The summed E-state index contributed by atoms with van der Waals surface area (Å²) in [4.78, 5) is 8.17. The first-order valence-electron chi connectivity index (χ1n) is 7.71. The molecule has 2 aliphatic heterocycles. The molecular weight excluding hydrogens is 312 g/mol. The van der Waals surface area contributed by atoms with Crippen molar-refractivity contribution in [2.75, 3.05) is 18.8 Å². The number of rotatable bonds is 5. The summed E-state index contributed by atoms with van der Waals surface area (Å²) >= 11 is 3.97. The number of thioether (sulfide) groups is 1. The molecule has 0 saturated carbocycles. The van der Waals surface area contributed by atoms with E-state index >= 15 is 0 Å². The van der Waals surface area contributed by atoms with Crippen molar-refractivity contribution in [3.8, 4) is 0 Å². The average molecular weight is 332 g/mol. The highest BCUT2D eigenvalue weighted by Gasteiger charge is 2.49. The van der Waals surface area contributed by atoms with Crippen LogP contribution in [-0.4, -0.2) is 39.6 Å². The first-order valence-corrected chi connectivity index (χ1v) is 9.57. The maximum Gasteiger partial charge on any atom is 0.0736 e. The molecule has 0 amide bonds. The Hall–Kier alpha value is -0.880. The predicted molar refractivity (Wildman–Crippen MR) is 92.2 cm³/mol. The van der Waals surface area contributed by atoms with Crippen molar-refractivity contribution in [1.82, 2.24) is 9.88 Å². The lowest BCUT2D eigenvalue weighted by molar-refractivity contribution is 0.0265. The number of nitrogens with zero attached hydrogens (tertiary/aromatic N) is 2. The monoisotopic (exact) mass is 332 g/mol. The summed E-state index contributed by atoms with van der Waals surface area (Å²) in [6, 6.07) is 8.42. The Morgan fingerprint density at radius 2 is 2.27 bits per heavy atom. The van der Waals surface area contributed by atoms with Crippen LogP contribution in [0, 0.1) is 0 Å². The number of likely N-dealkylation sites (tertiary alicyclic amines) is 1. The summed E-state index contributed by atoms with van der Waals surface area (Å²) in [7, 11) is 0. The van der Waals surface area contributed by atoms with Gasteiger partial charge in [-0.05, 0) is 29.5 Å². The fourth-order valence-electron chi connectivity index (χ4n) is 3.33. The molecule has 4 rings (SSSR count). The van der Waals surface area contributed by atoms with Gasteiger partial charge in [0.25, 0.3) is 0 Å². The van der Waals surface area contributed by atoms with Gasteiger partial charge in [-0.1, -0.05) is 12.1 Å². The minimum absolute atomic E-state index is 0.397. The molecule has 1 atom stereocenters. The summed E-state index contributed by atoms with van der Waals surface area (Å²) in [6.07, 6.45) is 5.29. The molecule has 2 aliphatic rings. The third-order valence-corrected chi connectivity index (χ3v) is 6.80. The van der Waals surface area contributed by atoms with Crippen LogP contribution in [0.1, 0.15) is 16.9 Å².